The summed E-state index contributed by atoms with van der Waals surface area (Å²) in [6.45, 7) is -0.983. The Labute approximate surface area is 63.8 Å². The van der Waals surface area contributed by atoms with Gasteiger partial charge in [-0.2, -0.15) is 0 Å². The van der Waals surface area contributed by atoms with E-state index in [-0.39, 0.29) is 6.61 Å². The highest BCUT2D eigenvalue weighted by atomic mass is 16.6. The summed E-state index contributed by atoms with van der Waals surface area (Å²) in [6, 6.07) is 0. The molecule has 0 bridgehead atoms. The smallest absolute Gasteiger partial charge is 0.113 e. The van der Waals surface area contributed by atoms with E-state index in [0.29, 0.717) is 0 Å². The highest BCUT2D eigenvalue weighted by molar-refractivity contribution is 4.89. The van der Waals surface area contributed by atoms with Gasteiger partial charge in [-0.1, -0.05) is 0 Å². The van der Waals surface area contributed by atoms with Gasteiger partial charge in [-0.15, -0.1) is 0 Å². The molecular formula is C6H11O5. The first-order chi connectivity index (χ1) is 5.20. The average Bonchev–Trinajstić information content (AvgIpc) is 2.30. The molecule has 1 aliphatic rings. The van der Waals surface area contributed by atoms with Gasteiger partial charge in [-0.25, -0.2) is 5.11 Å². The zero-order chi connectivity index (χ0) is 8.43. The summed E-state index contributed by atoms with van der Waals surface area (Å²) in [7, 11) is 0. The molecule has 1 heterocycles. The molecule has 0 aromatic heterocycles. The molecule has 1 radical (unpaired) electrons. The van der Waals surface area contributed by atoms with E-state index in [1.807, 2.05) is 0 Å². The SMILES string of the molecule is [O]C[C@H]1O[C@@H](CO)[C@@H](O)[C@@H]1O. The van der Waals surface area contributed by atoms with E-state index >= 15 is 0 Å². The van der Waals surface area contributed by atoms with Crippen LogP contribution in [0.15, 0.2) is 0 Å². The van der Waals surface area contributed by atoms with E-state index in [9.17, 15) is 5.11 Å². The van der Waals surface area contributed by atoms with Crippen molar-refractivity contribution in [3.63, 3.8) is 0 Å². The van der Waals surface area contributed by atoms with Crippen LogP contribution in [0.4, 0.5) is 0 Å². The minimum Gasteiger partial charge on any atom is -0.394 e. The summed E-state index contributed by atoms with van der Waals surface area (Å²) in [5.41, 5.74) is 0. The van der Waals surface area contributed by atoms with Crippen molar-refractivity contribution in [2.45, 2.75) is 24.4 Å². The van der Waals surface area contributed by atoms with Crippen LogP contribution in [0.5, 0.6) is 0 Å². The maximum Gasteiger partial charge on any atom is 0.113 e. The van der Waals surface area contributed by atoms with Crippen LogP contribution in [0.3, 0.4) is 0 Å². The van der Waals surface area contributed by atoms with Gasteiger partial charge < -0.3 is 20.1 Å². The molecule has 1 fully saturated rings. The van der Waals surface area contributed by atoms with Crippen LogP contribution in [0.2, 0.25) is 0 Å². The lowest BCUT2D eigenvalue weighted by atomic mass is 10.1. The molecule has 5 heteroatoms. The minimum absolute atomic E-state index is 0.380. The fourth-order valence-electron chi connectivity index (χ4n) is 1.11. The second-order valence-electron chi connectivity index (χ2n) is 2.54. The number of hydrogen-bond donors (Lipinski definition) is 3. The highest BCUT2D eigenvalue weighted by Gasteiger charge is 2.41. The van der Waals surface area contributed by atoms with Crippen LogP contribution in [0.1, 0.15) is 0 Å². The van der Waals surface area contributed by atoms with Crippen molar-refractivity contribution in [1.29, 1.82) is 0 Å². The Morgan fingerprint density at radius 3 is 2.00 bits per heavy atom. The van der Waals surface area contributed by atoms with Crippen molar-refractivity contribution in [2.24, 2.45) is 0 Å². The van der Waals surface area contributed by atoms with E-state index in [1.54, 1.807) is 0 Å². The molecule has 0 aliphatic carbocycles. The van der Waals surface area contributed by atoms with E-state index < -0.39 is 31.0 Å². The third-order valence-corrected chi connectivity index (χ3v) is 1.81. The first-order valence-corrected chi connectivity index (χ1v) is 3.41. The van der Waals surface area contributed by atoms with Crippen molar-refractivity contribution < 1.29 is 25.2 Å². The zero-order valence-electron chi connectivity index (χ0n) is 5.88. The molecule has 4 atom stereocenters. The fraction of sp³-hybridized carbons (Fsp3) is 1.00. The Balaban J connectivity index is 2.53. The Morgan fingerprint density at radius 2 is 1.73 bits per heavy atom. The van der Waals surface area contributed by atoms with Gasteiger partial charge in [0.15, 0.2) is 0 Å². The maximum atomic E-state index is 10.3. The van der Waals surface area contributed by atoms with Gasteiger partial charge in [0.1, 0.15) is 31.0 Å². The lowest BCUT2D eigenvalue weighted by Gasteiger charge is -2.10. The van der Waals surface area contributed by atoms with Crippen molar-refractivity contribution in [3.8, 4) is 0 Å². The maximum absolute atomic E-state index is 10.3. The van der Waals surface area contributed by atoms with Gasteiger partial charge in [0.25, 0.3) is 0 Å². The lowest BCUT2D eigenvalue weighted by molar-refractivity contribution is -0.0520. The van der Waals surface area contributed by atoms with E-state index in [0.717, 1.165) is 0 Å². The summed E-state index contributed by atoms with van der Waals surface area (Å²) < 4.78 is 4.82. The van der Waals surface area contributed by atoms with E-state index in [1.165, 1.54) is 0 Å². The van der Waals surface area contributed by atoms with Crippen LogP contribution in [-0.4, -0.2) is 52.9 Å². The third kappa shape index (κ3) is 1.52. The quantitative estimate of drug-likeness (QED) is 0.435. The molecule has 0 saturated carbocycles. The topological polar surface area (TPSA) is 89.8 Å². The molecule has 0 amide bonds. The third-order valence-electron chi connectivity index (χ3n) is 1.81. The van der Waals surface area contributed by atoms with Gasteiger partial charge in [-0.05, 0) is 0 Å². The van der Waals surface area contributed by atoms with Crippen LogP contribution in [-0.2, 0) is 9.84 Å². The van der Waals surface area contributed by atoms with E-state index in [4.69, 9.17) is 20.1 Å². The highest BCUT2D eigenvalue weighted by Crippen LogP contribution is 2.20. The molecule has 0 spiro atoms. The molecule has 3 N–H and O–H groups in total. The molecule has 0 unspecified atom stereocenters. The van der Waals surface area contributed by atoms with Crippen LogP contribution in [0.25, 0.3) is 0 Å². The Hall–Kier alpha value is -0.200. The molecule has 1 rings (SSSR count). The first kappa shape index (κ1) is 8.89. The Bertz CT molecular complexity index is 110. The molecule has 1 aliphatic heterocycles. The normalized spacial score (nSPS) is 44.7. The summed E-state index contributed by atoms with van der Waals surface area (Å²) in [4.78, 5) is 0. The van der Waals surface area contributed by atoms with Crippen molar-refractivity contribution in [2.75, 3.05) is 13.2 Å². The predicted molar refractivity (Wildman–Crippen MR) is 33.3 cm³/mol. The Kier molecular flexibility index (Phi) is 2.80. The van der Waals surface area contributed by atoms with Gasteiger partial charge in [0.05, 0.1) is 6.61 Å². The second-order valence-corrected chi connectivity index (χ2v) is 2.54. The van der Waals surface area contributed by atoms with Crippen molar-refractivity contribution in [3.05, 3.63) is 0 Å². The number of aliphatic hydroxyl groups is 3. The zero-order valence-corrected chi connectivity index (χ0v) is 5.88. The summed E-state index contributed by atoms with van der Waals surface area (Å²) in [6.07, 6.45) is -4.00. The molecule has 5 nitrogen and oxygen atoms in total. The summed E-state index contributed by atoms with van der Waals surface area (Å²) in [5.74, 6) is 0. The summed E-state index contributed by atoms with van der Waals surface area (Å²) in [5, 5.41) is 37.0. The molecule has 1 saturated heterocycles. The van der Waals surface area contributed by atoms with Gasteiger partial charge in [0, 0.05) is 0 Å². The van der Waals surface area contributed by atoms with Crippen LogP contribution in [0, 0.1) is 0 Å². The van der Waals surface area contributed by atoms with E-state index in [2.05, 4.69) is 0 Å². The van der Waals surface area contributed by atoms with Gasteiger partial charge >= 0.3 is 0 Å². The fourth-order valence-corrected chi connectivity index (χ4v) is 1.11. The standard InChI is InChI=1S/C6H11O5/c7-1-3-5(9)6(10)4(2-8)11-3/h3-7,9-10H,1-2H2/t3-,4+,5+,6+/m0/s1. The Morgan fingerprint density at radius 1 is 1.18 bits per heavy atom. The lowest BCUT2D eigenvalue weighted by Crippen LogP contribution is -2.34. The van der Waals surface area contributed by atoms with Crippen LogP contribution < -0.4 is 0 Å². The summed E-state index contributed by atoms with van der Waals surface area (Å²) >= 11 is 0. The largest absolute Gasteiger partial charge is 0.394 e. The number of ether oxygens (including phenoxy) is 1. The van der Waals surface area contributed by atoms with Gasteiger partial charge in [0.2, 0.25) is 0 Å². The monoisotopic (exact) mass is 163 g/mol. The van der Waals surface area contributed by atoms with Gasteiger partial charge in [-0.3, -0.25) is 0 Å². The molecule has 0 aromatic carbocycles. The molecule has 11 heavy (non-hydrogen) atoms. The van der Waals surface area contributed by atoms with Crippen molar-refractivity contribution >= 4 is 0 Å². The molecule has 65 valence electrons. The van der Waals surface area contributed by atoms with Crippen LogP contribution >= 0.6 is 0 Å². The second kappa shape index (κ2) is 3.46. The number of aliphatic hydroxyl groups excluding tert-OH is 3. The number of hydrogen-bond acceptors (Lipinski definition) is 4. The van der Waals surface area contributed by atoms with Crippen molar-refractivity contribution in [1.82, 2.24) is 0 Å². The molecular weight excluding hydrogens is 152 g/mol. The molecule has 0 aromatic rings. The predicted octanol–water partition coefficient (Wildman–Crippen LogP) is -2.10. The first-order valence-electron chi connectivity index (χ1n) is 3.41. The number of rotatable bonds is 2. The average molecular weight is 163 g/mol. The minimum atomic E-state index is -1.16.